The number of amides is 2. The normalized spacial score (nSPS) is 15.3. The van der Waals surface area contributed by atoms with E-state index in [0.29, 0.717) is 34.8 Å². The number of carbonyl (C=O) groups excluding carboxylic acids is 2. The van der Waals surface area contributed by atoms with E-state index < -0.39 is 0 Å². The Labute approximate surface area is 182 Å². The van der Waals surface area contributed by atoms with Crippen molar-refractivity contribution in [3.8, 4) is 0 Å². The average Bonchev–Trinajstić information content (AvgIpc) is 3.40. The minimum Gasteiger partial charge on any atom is -0.352 e. The number of carbonyl (C=O) groups is 2. The SMILES string of the molecule is CC(C)Cc1nnc(C(=O)Nc2ccc(C(=O)NCC[C@@H](C)N3CCCC3)cc2)s1. The van der Waals surface area contributed by atoms with Gasteiger partial charge < -0.3 is 15.5 Å². The molecule has 162 valence electrons. The summed E-state index contributed by atoms with van der Waals surface area (Å²) in [6, 6.07) is 7.40. The minimum atomic E-state index is -0.282. The molecule has 0 spiro atoms. The van der Waals surface area contributed by atoms with Crippen molar-refractivity contribution in [2.75, 3.05) is 25.0 Å². The first-order chi connectivity index (χ1) is 14.4. The van der Waals surface area contributed by atoms with Crippen LogP contribution in [0.25, 0.3) is 0 Å². The van der Waals surface area contributed by atoms with Crippen LogP contribution < -0.4 is 10.6 Å². The fraction of sp³-hybridized carbons (Fsp3) is 0.545. The first kappa shape index (κ1) is 22.4. The molecule has 1 atom stereocenters. The number of benzene rings is 1. The monoisotopic (exact) mass is 429 g/mol. The van der Waals surface area contributed by atoms with Crippen LogP contribution in [0.5, 0.6) is 0 Å². The van der Waals surface area contributed by atoms with Gasteiger partial charge in [0.25, 0.3) is 11.8 Å². The molecule has 2 N–H and O–H groups in total. The molecule has 0 unspecified atom stereocenters. The summed E-state index contributed by atoms with van der Waals surface area (Å²) in [5.41, 5.74) is 1.21. The molecule has 0 aliphatic carbocycles. The Hall–Kier alpha value is -2.32. The molecule has 2 heterocycles. The lowest BCUT2D eigenvalue weighted by molar-refractivity contribution is 0.0949. The molecule has 30 heavy (non-hydrogen) atoms. The fourth-order valence-electron chi connectivity index (χ4n) is 3.53. The first-order valence-corrected chi connectivity index (χ1v) is 11.5. The third-order valence-corrected chi connectivity index (χ3v) is 6.20. The Morgan fingerprint density at radius 1 is 1.07 bits per heavy atom. The summed E-state index contributed by atoms with van der Waals surface area (Å²) in [6.07, 6.45) is 4.31. The molecule has 2 aromatic rings. The van der Waals surface area contributed by atoms with Gasteiger partial charge >= 0.3 is 0 Å². The minimum absolute atomic E-state index is 0.0936. The van der Waals surface area contributed by atoms with Gasteiger partial charge in [-0.25, -0.2) is 0 Å². The molecule has 7 nitrogen and oxygen atoms in total. The number of likely N-dealkylation sites (tertiary alicyclic amines) is 1. The maximum Gasteiger partial charge on any atom is 0.286 e. The van der Waals surface area contributed by atoms with E-state index in [1.54, 1.807) is 24.3 Å². The second kappa shape index (κ2) is 10.6. The molecular formula is C22H31N5O2S. The van der Waals surface area contributed by atoms with Gasteiger partial charge in [-0.2, -0.15) is 0 Å². The summed E-state index contributed by atoms with van der Waals surface area (Å²) in [7, 11) is 0. The van der Waals surface area contributed by atoms with Crippen molar-refractivity contribution in [2.24, 2.45) is 5.92 Å². The summed E-state index contributed by atoms with van der Waals surface area (Å²) in [5.74, 6) is 0.0931. The van der Waals surface area contributed by atoms with Crippen LogP contribution in [0.3, 0.4) is 0 Å². The Balaban J connectivity index is 1.46. The largest absolute Gasteiger partial charge is 0.352 e. The van der Waals surface area contributed by atoms with E-state index in [4.69, 9.17) is 0 Å². The van der Waals surface area contributed by atoms with E-state index in [1.807, 2.05) is 0 Å². The summed E-state index contributed by atoms with van der Waals surface area (Å²) < 4.78 is 0. The zero-order valence-electron chi connectivity index (χ0n) is 18.0. The number of aromatic nitrogens is 2. The average molecular weight is 430 g/mol. The lowest BCUT2D eigenvalue weighted by Gasteiger charge is -2.23. The third-order valence-electron chi connectivity index (χ3n) is 5.26. The Morgan fingerprint density at radius 2 is 1.77 bits per heavy atom. The van der Waals surface area contributed by atoms with Crippen molar-refractivity contribution in [1.82, 2.24) is 20.4 Å². The number of hydrogen-bond acceptors (Lipinski definition) is 6. The summed E-state index contributed by atoms with van der Waals surface area (Å²) in [4.78, 5) is 27.2. The van der Waals surface area contributed by atoms with Gasteiger partial charge in [-0.1, -0.05) is 25.2 Å². The van der Waals surface area contributed by atoms with Gasteiger partial charge in [0.1, 0.15) is 5.01 Å². The van der Waals surface area contributed by atoms with E-state index in [1.165, 1.54) is 37.3 Å². The summed E-state index contributed by atoms with van der Waals surface area (Å²) in [5, 5.41) is 15.1. The van der Waals surface area contributed by atoms with Gasteiger partial charge in [0.05, 0.1) is 0 Å². The Bertz CT molecular complexity index is 843. The van der Waals surface area contributed by atoms with Crippen molar-refractivity contribution in [3.63, 3.8) is 0 Å². The third kappa shape index (κ3) is 6.34. The summed E-state index contributed by atoms with van der Waals surface area (Å²) >= 11 is 1.32. The van der Waals surface area contributed by atoms with Crippen LogP contribution in [0, 0.1) is 5.92 Å². The molecule has 1 saturated heterocycles. The molecular weight excluding hydrogens is 398 g/mol. The van der Waals surface area contributed by atoms with E-state index in [-0.39, 0.29) is 11.8 Å². The smallest absolute Gasteiger partial charge is 0.286 e. The van der Waals surface area contributed by atoms with Crippen molar-refractivity contribution >= 4 is 28.8 Å². The molecule has 3 rings (SSSR count). The zero-order chi connectivity index (χ0) is 21.5. The first-order valence-electron chi connectivity index (χ1n) is 10.7. The predicted octanol–water partition coefficient (Wildman–Crippen LogP) is 3.59. The fourth-order valence-corrected chi connectivity index (χ4v) is 4.48. The molecule has 0 saturated carbocycles. The van der Waals surface area contributed by atoms with Gasteiger partial charge in [-0.05, 0) is 69.5 Å². The topological polar surface area (TPSA) is 87.2 Å². The van der Waals surface area contributed by atoms with Gasteiger partial charge in [0.2, 0.25) is 5.01 Å². The Kier molecular flexibility index (Phi) is 7.93. The highest BCUT2D eigenvalue weighted by Gasteiger charge is 2.18. The molecule has 1 aliphatic rings. The zero-order valence-corrected chi connectivity index (χ0v) is 18.8. The van der Waals surface area contributed by atoms with Crippen LogP contribution in [0.15, 0.2) is 24.3 Å². The van der Waals surface area contributed by atoms with Crippen molar-refractivity contribution in [2.45, 2.75) is 52.5 Å². The molecule has 1 fully saturated rings. The Morgan fingerprint density at radius 3 is 2.43 bits per heavy atom. The lowest BCUT2D eigenvalue weighted by Crippen LogP contribution is -2.34. The summed E-state index contributed by atoms with van der Waals surface area (Å²) in [6.45, 7) is 9.42. The maximum absolute atomic E-state index is 12.4. The maximum atomic E-state index is 12.4. The number of hydrogen-bond donors (Lipinski definition) is 2. The lowest BCUT2D eigenvalue weighted by atomic mass is 10.1. The highest BCUT2D eigenvalue weighted by atomic mass is 32.1. The second-order valence-corrected chi connectivity index (χ2v) is 9.33. The molecule has 8 heteroatoms. The number of rotatable bonds is 9. The van der Waals surface area contributed by atoms with Gasteiger partial charge in [0.15, 0.2) is 0 Å². The van der Waals surface area contributed by atoms with E-state index >= 15 is 0 Å². The number of nitrogens with one attached hydrogen (secondary N) is 2. The van der Waals surface area contributed by atoms with Crippen LogP contribution >= 0.6 is 11.3 Å². The van der Waals surface area contributed by atoms with Crippen LogP contribution in [0.2, 0.25) is 0 Å². The van der Waals surface area contributed by atoms with E-state index in [9.17, 15) is 9.59 Å². The molecule has 1 aromatic heterocycles. The molecule has 1 aliphatic heterocycles. The predicted molar refractivity (Wildman–Crippen MR) is 120 cm³/mol. The van der Waals surface area contributed by atoms with Crippen molar-refractivity contribution in [3.05, 3.63) is 39.8 Å². The van der Waals surface area contributed by atoms with Crippen molar-refractivity contribution in [1.29, 1.82) is 0 Å². The standard InChI is InChI=1S/C22H31N5O2S/c1-15(2)14-19-25-26-22(30-19)21(29)24-18-8-6-17(7-9-18)20(28)23-11-10-16(3)27-12-4-5-13-27/h6-9,15-16H,4-5,10-14H2,1-3H3,(H,23,28)(H,24,29)/t16-/m1/s1. The van der Waals surface area contributed by atoms with Crippen molar-refractivity contribution < 1.29 is 9.59 Å². The van der Waals surface area contributed by atoms with Crippen LogP contribution in [-0.4, -0.2) is 52.6 Å². The van der Waals surface area contributed by atoms with E-state index in [2.05, 4.69) is 46.5 Å². The van der Waals surface area contributed by atoms with Gasteiger partial charge in [-0.3, -0.25) is 9.59 Å². The van der Waals surface area contributed by atoms with Crippen LogP contribution in [0.1, 0.15) is 65.2 Å². The quantitative estimate of drug-likeness (QED) is 0.636. The highest BCUT2D eigenvalue weighted by Crippen LogP contribution is 2.17. The van der Waals surface area contributed by atoms with E-state index in [0.717, 1.165) is 17.8 Å². The van der Waals surface area contributed by atoms with Gasteiger partial charge in [-0.15, -0.1) is 10.2 Å². The molecule has 0 radical (unpaired) electrons. The van der Waals surface area contributed by atoms with Crippen LogP contribution in [-0.2, 0) is 6.42 Å². The molecule has 1 aromatic carbocycles. The number of anilines is 1. The van der Waals surface area contributed by atoms with Gasteiger partial charge in [0, 0.05) is 30.3 Å². The highest BCUT2D eigenvalue weighted by molar-refractivity contribution is 7.13. The molecule has 0 bridgehead atoms. The second-order valence-electron chi connectivity index (χ2n) is 8.27. The molecule has 2 amide bonds. The number of nitrogens with zero attached hydrogens (tertiary/aromatic N) is 3. The van der Waals surface area contributed by atoms with Crippen LogP contribution in [0.4, 0.5) is 5.69 Å².